The number of fused-ring (bicyclic) bond motifs is 1. The third-order valence-corrected chi connectivity index (χ3v) is 6.30. The average Bonchev–Trinajstić information content (AvgIpc) is 2.82. The summed E-state index contributed by atoms with van der Waals surface area (Å²) in [5.74, 6) is 0.677. The molecule has 3 rings (SSSR count). The van der Waals surface area contributed by atoms with Gasteiger partial charge in [0.1, 0.15) is 29.1 Å². The standard InChI is InChI=1S/C29H38O6/c1-3-4-5-6-7-8-9-10-11-12-29(32)34-24-16-17-25(28(20-24)33-21(2)30)26-18-14-22-13-15-23(31)19-27(22)35-26/h13,15-17,19-20,26,31H,3-12,14,18H2,1-2H3. The second-order valence-electron chi connectivity index (χ2n) is 9.28. The van der Waals surface area contributed by atoms with Gasteiger partial charge in [-0.15, -0.1) is 0 Å². The summed E-state index contributed by atoms with van der Waals surface area (Å²) in [5, 5.41) is 9.78. The van der Waals surface area contributed by atoms with Gasteiger partial charge in [0.2, 0.25) is 0 Å². The topological polar surface area (TPSA) is 82.1 Å². The van der Waals surface area contributed by atoms with Crippen molar-refractivity contribution < 1.29 is 28.9 Å². The molecule has 0 fully saturated rings. The SMILES string of the molecule is CCCCCCCCCCCC(=O)Oc1ccc(C2CCc3ccc(O)cc3O2)c(OC(C)=O)c1. The fraction of sp³-hybridized carbons (Fsp3) is 0.517. The smallest absolute Gasteiger partial charge is 0.311 e. The van der Waals surface area contributed by atoms with Crippen molar-refractivity contribution >= 4 is 11.9 Å². The first-order valence-electron chi connectivity index (χ1n) is 13.0. The minimum absolute atomic E-state index is 0.138. The molecule has 0 aromatic heterocycles. The van der Waals surface area contributed by atoms with E-state index in [1.165, 1.54) is 45.4 Å². The maximum Gasteiger partial charge on any atom is 0.311 e. The van der Waals surface area contributed by atoms with Gasteiger partial charge in [-0.05, 0) is 43.0 Å². The Morgan fingerprint density at radius 1 is 0.943 bits per heavy atom. The van der Waals surface area contributed by atoms with Crippen molar-refractivity contribution in [2.75, 3.05) is 0 Å². The number of hydrogen-bond acceptors (Lipinski definition) is 6. The number of unbranched alkanes of at least 4 members (excludes halogenated alkanes) is 8. The molecule has 190 valence electrons. The van der Waals surface area contributed by atoms with Crippen LogP contribution in [0.5, 0.6) is 23.0 Å². The summed E-state index contributed by atoms with van der Waals surface area (Å²) in [4.78, 5) is 24.1. The Kier molecular flexibility index (Phi) is 10.5. The summed E-state index contributed by atoms with van der Waals surface area (Å²) in [6.45, 7) is 3.56. The number of phenols is 1. The van der Waals surface area contributed by atoms with Gasteiger partial charge in [-0.25, -0.2) is 0 Å². The van der Waals surface area contributed by atoms with E-state index in [1.807, 2.05) is 6.07 Å². The zero-order valence-electron chi connectivity index (χ0n) is 21.0. The average molecular weight is 483 g/mol. The molecule has 0 aliphatic carbocycles. The van der Waals surface area contributed by atoms with Gasteiger partial charge in [0.05, 0.1) is 0 Å². The highest BCUT2D eigenvalue weighted by Gasteiger charge is 2.25. The predicted octanol–water partition coefficient (Wildman–Crippen LogP) is 7.21. The van der Waals surface area contributed by atoms with E-state index in [4.69, 9.17) is 14.2 Å². The van der Waals surface area contributed by atoms with Crippen molar-refractivity contribution in [1.29, 1.82) is 0 Å². The fourth-order valence-electron chi connectivity index (χ4n) is 4.43. The van der Waals surface area contributed by atoms with Gasteiger partial charge in [0, 0.05) is 31.0 Å². The Morgan fingerprint density at radius 3 is 2.37 bits per heavy atom. The zero-order chi connectivity index (χ0) is 25.0. The van der Waals surface area contributed by atoms with Crippen molar-refractivity contribution in [3.8, 4) is 23.0 Å². The van der Waals surface area contributed by atoms with Crippen molar-refractivity contribution in [3.05, 3.63) is 47.5 Å². The summed E-state index contributed by atoms with van der Waals surface area (Å²) in [6.07, 6.45) is 12.2. The lowest BCUT2D eigenvalue weighted by Crippen LogP contribution is -2.17. The lowest BCUT2D eigenvalue weighted by Gasteiger charge is -2.27. The molecule has 0 saturated carbocycles. The monoisotopic (exact) mass is 482 g/mol. The molecule has 1 aliphatic rings. The van der Waals surface area contributed by atoms with E-state index >= 15 is 0 Å². The van der Waals surface area contributed by atoms with E-state index in [0.717, 1.165) is 31.2 Å². The Balaban J connectivity index is 1.53. The third-order valence-electron chi connectivity index (χ3n) is 6.30. The molecule has 0 radical (unpaired) electrons. The minimum Gasteiger partial charge on any atom is -0.508 e. The minimum atomic E-state index is -0.460. The van der Waals surface area contributed by atoms with E-state index in [-0.39, 0.29) is 17.8 Å². The fourth-order valence-corrected chi connectivity index (χ4v) is 4.43. The number of ether oxygens (including phenoxy) is 3. The van der Waals surface area contributed by atoms with Crippen LogP contribution in [0.15, 0.2) is 36.4 Å². The molecule has 6 nitrogen and oxygen atoms in total. The normalized spacial score (nSPS) is 14.6. The summed E-state index contributed by atoms with van der Waals surface area (Å²) in [7, 11) is 0. The number of carbonyl (C=O) groups is 2. The molecule has 1 unspecified atom stereocenters. The maximum atomic E-state index is 12.3. The molecule has 0 amide bonds. The molecule has 1 aliphatic heterocycles. The predicted molar refractivity (Wildman–Crippen MR) is 135 cm³/mol. The molecule has 6 heteroatoms. The highest BCUT2D eigenvalue weighted by molar-refractivity contribution is 5.73. The van der Waals surface area contributed by atoms with Gasteiger partial charge in [0.15, 0.2) is 0 Å². The second kappa shape index (κ2) is 13.8. The van der Waals surface area contributed by atoms with Crippen molar-refractivity contribution in [3.63, 3.8) is 0 Å². The van der Waals surface area contributed by atoms with E-state index in [9.17, 15) is 14.7 Å². The molecular formula is C29H38O6. The highest BCUT2D eigenvalue weighted by atomic mass is 16.5. The largest absolute Gasteiger partial charge is 0.508 e. The van der Waals surface area contributed by atoms with Crippen LogP contribution in [0.4, 0.5) is 0 Å². The van der Waals surface area contributed by atoms with Crippen LogP contribution < -0.4 is 14.2 Å². The van der Waals surface area contributed by atoms with Crippen LogP contribution in [0, 0.1) is 0 Å². The van der Waals surface area contributed by atoms with Gasteiger partial charge in [-0.2, -0.15) is 0 Å². The molecule has 0 saturated heterocycles. The second-order valence-corrected chi connectivity index (χ2v) is 9.28. The first-order valence-corrected chi connectivity index (χ1v) is 13.0. The van der Waals surface area contributed by atoms with Gasteiger partial charge < -0.3 is 19.3 Å². The molecule has 1 N–H and O–H groups in total. The van der Waals surface area contributed by atoms with Gasteiger partial charge in [-0.1, -0.05) is 64.4 Å². The van der Waals surface area contributed by atoms with Crippen LogP contribution in [0.25, 0.3) is 0 Å². The molecule has 1 heterocycles. The van der Waals surface area contributed by atoms with Crippen molar-refractivity contribution in [1.82, 2.24) is 0 Å². The Hall–Kier alpha value is -3.02. The molecule has 2 aromatic rings. The number of carbonyl (C=O) groups excluding carboxylic acids is 2. The number of rotatable bonds is 13. The van der Waals surface area contributed by atoms with Gasteiger partial charge >= 0.3 is 11.9 Å². The van der Waals surface area contributed by atoms with E-state index in [0.29, 0.717) is 35.7 Å². The Labute approximate surface area is 208 Å². The molecular weight excluding hydrogens is 444 g/mol. The van der Waals surface area contributed by atoms with Crippen LogP contribution in [0.1, 0.15) is 102 Å². The summed E-state index contributed by atoms with van der Waals surface area (Å²) >= 11 is 0. The molecule has 35 heavy (non-hydrogen) atoms. The van der Waals surface area contributed by atoms with E-state index < -0.39 is 5.97 Å². The molecule has 1 atom stereocenters. The van der Waals surface area contributed by atoms with Crippen LogP contribution in [-0.4, -0.2) is 17.0 Å². The quantitative estimate of drug-likeness (QED) is 0.184. The van der Waals surface area contributed by atoms with Crippen LogP contribution in [0.3, 0.4) is 0 Å². The Bertz CT molecular complexity index is 983. The lowest BCUT2D eigenvalue weighted by molar-refractivity contribution is -0.134. The first-order chi connectivity index (χ1) is 17.0. The molecule has 0 bridgehead atoms. The number of phenolic OH excluding ortho intramolecular Hbond substituents is 1. The zero-order valence-corrected chi connectivity index (χ0v) is 21.0. The number of aromatic hydroxyl groups is 1. The molecule has 0 spiro atoms. The third kappa shape index (κ3) is 8.61. The maximum absolute atomic E-state index is 12.3. The van der Waals surface area contributed by atoms with Crippen LogP contribution in [0.2, 0.25) is 0 Å². The summed E-state index contributed by atoms with van der Waals surface area (Å²) in [5.41, 5.74) is 1.73. The Morgan fingerprint density at radius 2 is 1.66 bits per heavy atom. The number of benzene rings is 2. The summed E-state index contributed by atoms with van der Waals surface area (Å²) < 4.78 is 17.0. The van der Waals surface area contributed by atoms with E-state index in [1.54, 1.807) is 30.3 Å². The number of hydrogen-bond donors (Lipinski definition) is 1. The number of esters is 2. The van der Waals surface area contributed by atoms with Crippen molar-refractivity contribution in [2.45, 2.75) is 97.0 Å². The van der Waals surface area contributed by atoms with Crippen LogP contribution >= 0.6 is 0 Å². The van der Waals surface area contributed by atoms with Gasteiger partial charge in [-0.3, -0.25) is 9.59 Å². The summed E-state index contributed by atoms with van der Waals surface area (Å²) in [6, 6.07) is 10.1. The number of aryl methyl sites for hydroxylation is 1. The van der Waals surface area contributed by atoms with E-state index in [2.05, 4.69) is 6.92 Å². The highest BCUT2D eigenvalue weighted by Crippen LogP contribution is 2.40. The van der Waals surface area contributed by atoms with Crippen LogP contribution in [-0.2, 0) is 16.0 Å². The van der Waals surface area contributed by atoms with Crippen molar-refractivity contribution in [2.24, 2.45) is 0 Å². The first kappa shape index (κ1) is 26.6. The van der Waals surface area contributed by atoms with Gasteiger partial charge in [0.25, 0.3) is 0 Å². The molecule has 2 aromatic carbocycles. The lowest BCUT2D eigenvalue weighted by atomic mass is 9.96.